The molecule has 1 atom stereocenters. The van der Waals surface area contributed by atoms with E-state index in [1.165, 1.54) is 0 Å². The number of carbonyl (C=O) groups excluding carboxylic acids is 1. The molecule has 0 spiro atoms. The molecule has 0 radical (unpaired) electrons. The molecule has 6 heteroatoms. The molecule has 0 saturated carbocycles. The van der Waals surface area contributed by atoms with Crippen molar-refractivity contribution in [1.29, 1.82) is 0 Å². The molecule has 2 rings (SSSR count). The van der Waals surface area contributed by atoms with Crippen LogP contribution in [0.15, 0.2) is 24.3 Å². The molecule has 0 bridgehead atoms. The number of ether oxygens (including phenoxy) is 1. The van der Waals surface area contributed by atoms with Crippen LogP contribution in [0.3, 0.4) is 0 Å². The highest BCUT2D eigenvalue weighted by atomic mass is 16.5. The third-order valence-electron chi connectivity index (χ3n) is 3.09. The van der Waals surface area contributed by atoms with Gasteiger partial charge in [-0.25, -0.2) is 4.98 Å². The SMILES string of the molecule is Cc1nc(CC(=O)NC(C)c2ccc(OC(C)C)cc2)n[nH]1. The van der Waals surface area contributed by atoms with E-state index in [0.717, 1.165) is 11.3 Å². The lowest BCUT2D eigenvalue weighted by Crippen LogP contribution is -2.28. The molecule has 1 unspecified atom stereocenters. The number of aromatic amines is 1. The number of amides is 1. The van der Waals surface area contributed by atoms with Crippen molar-refractivity contribution >= 4 is 5.91 Å². The number of hydrogen-bond donors (Lipinski definition) is 2. The van der Waals surface area contributed by atoms with E-state index in [-0.39, 0.29) is 24.5 Å². The van der Waals surface area contributed by atoms with E-state index in [2.05, 4.69) is 20.5 Å². The third kappa shape index (κ3) is 4.58. The summed E-state index contributed by atoms with van der Waals surface area (Å²) >= 11 is 0. The quantitative estimate of drug-likeness (QED) is 0.858. The van der Waals surface area contributed by atoms with E-state index in [4.69, 9.17) is 4.74 Å². The van der Waals surface area contributed by atoms with Crippen LogP contribution in [0.25, 0.3) is 0 Å². The summed E-state index contributed by atoms with van der Waals surface area (Å²) in [4.78, 5) is 16.1. The van der Waals surface area contributed by atoms with Crippen LogP contribution < -0.4 is 10.1 Å². The van der Waals surface area contributed by atoms with E-state index < -0.39 is 0 Å². The Morgan fingerprint density at radius 1 is 1.27 bits per heavy atom. The number of carbonyl (C=O) groups is 1. The zero-order valence-corrected chi connectivity index (χ0v) is 13.4. The average molecular weight is 302 g/mol. The van der Waals surface area contributed by atoms with Crippen molar-refractivity contribution in [2.75, 3.05) is 0 Å². The number of aromatic nitrogens is 3. The van der Waals surface area contributed by atoms with Gasteiger partial charge in [0.15, 0.2) is 5.82 Å². The van der Waals surface area contributed by atoms with E-state index in [1.807, 2.05) is 45.0 Å². The van der Waals surface area contributed by atoms with Gasteiger partial charge in [-0.2, -0.15) is 5.10 Å². The predicted molar refractivity (Wildman–Crippen MR) is 83.6 cm³/mol. The lowest BCUT2D eigenvalue weighted by Gasteiger charge is -2.15. The highest BCUT2D eigenvalue weighted by molar-refractivity contribution is 5.78. The molecule has 0 aliphatic carbocycles. The Labute approximate surface area is 130 Å². The Morgan fingerprint density at radius 3 is 2.50 bits per heavy atom. The van der Waals surface area contributed by atoms with Gasteiger partial charge in [0, 0.05) is 0 Å². The lowest BCUT2D eigenvalue weighted by molar-refractivity contribution is -0.121. The second-order valence-electron chi connectivity index (χ2n) is 5.54. The summed E-state index contributed by atoms with van der Waals surface area (Å²) in [5, 5.41) is 9.63. The molecule has 6 nitrogen and oxygen atoms in total. The molecule has 2 N–H and O–H groups in total. The third-order valence-corrected chi connectivity index (χ3v) is 3.09. The molecule has 1 heterocycles. The van der Waals surface area contributed by atoms with Crippen LogP contribution in [0.2, 0.25) is 0 Å². The van der Waals surface area contributed by atoms with Crippen LogP contribution >= 0.6 is 0 Å². The zero-order valence-electron chi connectivity index (χ0n) is 13.4. The Kier molecular flexibility index (Phi) is 5.14. The summed E-state index contributed by atoms with van der Waals surface area (Å²) in [5.41, 5.74) is 1.02. The molecule has 118 valence electrons. The highest BCUT2D eigenvalue weighted by Crippen LogP contribution is 2.18. The second kappa shape index (κ2) is 7.06. The summed E-state index contributed by atoms with van der Waals surface area (Å²) in [6, 6.07) is 7.66. The Balaban J connectivity index is 1.90. The molecule has 1 aromatic heterocycles. The smallest absolute Gasteiger partial charge is 0.228 e. The van der Waals surface area contributed by atoms with Crippen LogP contribution in [-0.4, -0.2) is 27.2 Å². The van der Waals surface area contributed by atoms with Crippen molar-refractivity contribution in [3.8, 4) is 5.75 Å². The van der Waals surface area contributed by atoms with Crippen molar-refractivity contribution in [3.05, 3.63) is 41.5 Å². The maximum Gasteiger partial charge on any atom is 0.228 e. The van der Waals surface area contributed by atoms with Gasteiger partial charge >= 0.3 is 0 Å². The minimum absolute atomic E-state index is 0.0827. The fourth-order valence-electron chi connectivity index (χ4n) is 2.09. The van der Waals surface area contributed by atoms with Crippen LogP contribution in [0, 0.1) is 6.92 Å². The maximum atomic E-state index is 12.0. The first kappa shape index (κ1) is 16.0. The first-order chi connectivity index (χ1) is 10.4. The lowest BCUT2D eigenvalue weighted by atomic mass is 10.1. The van der Waals surface area contributed by atoms with Gasteiger partial charge in [0.25, 0.3) is 0 Å². The molecule has 2 aromatic rings. The monoisotopic (exact) mass is 302 g/mol. The van der Waals surface area contributed by atoms with E-state index in [0.29, 0.717) is 11.6 Å². The molecule has 0 aliphatic rings. The molecular formula is C16H22N4O2. The number of hydrogen-bond acceptors (Lipinski definition) is 4. The Bertz CT molecular complexity index is 619. The first-order valence-corrected chi connectivity index (χ1v) is 7.38. The van der Waals surface area contributed by atoms with Gasteiger partial charge in [0.2, 0.25) is 5.91 Å². The first-order valence-electron chi connectivity index (χ1n) is 7.38. The van der Waals surface area contributed by atoms with Gasteiger partial charge in [-0.1, -0.05) is 12.1 Å². The number of H-pyrrole nitrogens is 1. The van der Waals surface area contributed by atoms with Crippen molar-refractivity contribution in [2.24, 2.45) is 0 Å². The number of aryl methyl sites for hydroxylation is 1. The number of nitrogens with zero attached hydrogens (tertiary/aromatic N) is 2. The Hall–Kier alpha value is -2.37. The topological polar surface area (TPSA) is 79.9 Å². The summed E-state index contributed by atoms with van der Waals surface area (Å²) in [5.74, 6) is 1.93. The van der Waals surface area contributed by atoms with E-state index in [1.54, 1.807) is 6.92 Å². The molecule has 1 aromatic carbocycles. The summed E-state index contributed by atoms with van der Waals surface area (Å²) < 4.78 is 5.60. The standard InChI is InChI=1S/C16H22N4O2/c1-10(2)22-14-7-5-13(6-8-14)11(3)17-16(21)9-15-18-12(4)19-20-15/h5-8,10-11H,9H2,1-4H3,(H,17,21)(H,18,19,20). The predicted octanol–water partition coefficient (Wildman–Crippen LogP) is 2.32. The molecule has 1 amide bonds. The van der Waals surface area contributed by atoms with Crippen LogP contribution in [0.4, 0.5) is 0 Å². The van der Waals surface area contributed by atoms with Crippen molar-refractivity contribution in [3.63, 3.8) is 0 Å². The number of benzene rings is 1. The normalized spacial score (nSPS) is 12.2. The molecule has 0 saturated heterocycles. The highest BCUT2D eigenvalue weighted by Gasteiger charge is 2.12. The van der Waals surface area contributed by atoms with Crippen LogP contribution in [-0.2, 0) is 11.2 Å². The number of nitrogens with one attached hydrogen (secondary N) is 2. The average Bonchev–Trinajstić information content (AvgIpc) is 2.83. The maximum absolute atomic E-state index is 12.0. The molecule has 0 fully saturated rings. The second-order valence-corrected chi connectivity index (χ2v) is 5.54. The fraction of sp³-hybridized carbons (Fsp3) is 0.438. The van der Waals surface area contributed by atoms with Gasteiger partial charge < -0.3 is 10.1 Å². The van der Waals surface area contributed by atoms with E-state index in [9.17, 15) is 4.79 Å². The minimum Gasteiger partial charge on any atom is -0.491 e. The largest absolute Gasteiger partial charge is 0.491 e. The van der Waals surface area contributed by atoms with Crippen LogP contribution in [0.5, 0.6) is 5.75 Å². The molecule has 0 aliphatic heterocycles. The summed E-state index contributed by atoms with van der Waals surface area (Å²) in [6.45, 7) is 7.72. The van der Waals surface area contributed by atoms with Gasteiger partial charge in [-0.05, 0) is 45.4 Å². The van der Waals surface area contributed by atoms with Crippen molar-refractivity contribution in [2.45, 2.75) is 46.3 Å². The number of rotatable bonds is 6. The van der Waals surface area contributed by atoms with Gasteiger partial charge in [-0.15, -0.1) is 0 Å². The fourth-order valence-corrected chi connectivity index (χ4v) is 2.09. The van der Waals surface area contributed by atoms with Crippen molar-refractivity contribution in [1.82, 2.24) is 20.5 Å². The van der Waals surface area contributed by atoms with Gasteiger partial charge in [0.05, 0.1) is 18.6 Å². The van der Waals surface area contributed by atoms with Crippen molar-refractivity contribution < 1.29 is 9.53 Å². The Morgan fingerprint density at radius 2 is 1.95 bits per heavy atom. The van der Waals surface area contributed by atoms with Gasteiger partial charge in [0.1, 0.15) is 11.6 Å². The van der Waals surface area contributed by atoms with Gasteiger partial charge in [-0.3, -0.25) is 9.89 Å². The zero-order chi connectivity index (χ0) is 16.1. The molecular weight excluding hydrogens is 280 g/mol. The summed E-state index contributed by atoms with van der Waals surface area (Å²) in [6.07, 6.45) is 0.316. The minimum atomic E-state index is -0.103. The van der Waals surface area contributed by atoms with E-state index >= 15 is 0 Å². The molecule has 22 heavy (non-hydrogen) atoms. The van der Waals surface area contributed by atoms with Crippen LogP contribution in [0.1, 0.15) is 44.0 Å². The summed E-state index contributed by atoms with van der Waals surface area (Å²) in [7, 11) is 0.